The molecule has 1 aromatic rings. The lowest BCUT2D eigenvalue weighted by atomic mass is 10.4. The highest BCUT2D eigenvalue weighted by Gasteiger charge is 2.00. The van der Waals surface area contributed by atoms with E-state index in [1.807, 2.05) is 0 Å². The summed E-state index contributed by atoms with van der Waals surface area (Å²) >= 11 is 0. The van der Waals surface area contributed by atoms with Gasteiger partial charge in [0.2, 0.25) is 6.43 Å². The van der Waals surface area contributed by atoms with Gasteiger partial charge < -0.3 is 5.32 Å². The third-order valence-corrected chi connectivity index (χ3v) is 1.25. The van der Waals surface area contributed by atoms with E-state index in [0.717, 1.165) is 0 Å². The average Bonchev–Trinajstić information content (AvgIpc) is 2.05. The normalized spacial score (nSPS) is 10.2. The van der Waals surface area contributed by atoms with E-state index in [2.05, 4.69) is 15.3 Å². The molecule has 0 radical (unpaired) electrons. The fraction of sp³-hybridized carbons (Fsp3) is 0.429. The summed E-state index contributed by atoms with van der Waals surface area (Å²) in [5.41, 5.74) is 0. The van der Waals surface area contributed by atoms with Gasteiger partial charge in [0.05, 0.1) is 0 Å². The molecule has 1 N–H and O–H groups in total. The summed E-state index contributed by atoms with van der Waals surface area (Å²) in [5.74, 6) is 0.575. The molecule has 0 amide bonds. The largest absolute Gasteiger partial charge is 0.370 e. The molecule has 0 fully saturated rings. The van der Waals surface area contributed by atoms with E-state index in [-0.39, 0.29) is 13.0 Å². The van der Waals surface area contributed by atoms with Gasteiger partial charge in [-0.3, -0.25) is 0 Å². The fourth-order valence-electron chi connectivity index (χ4n) is 0.705. The molecule has 0 spiro atoms. The third-order valence-electron chi connectivity index (χ3n) is 1.25. The third kappa shape index (κ3) is 3.23. The lowest BCUT2D eigenvalue weighted by Gasteiger charge is -2.02. The minimum Gasteiger partial charge on any atom is -0.370 e. The molecule has 1 heterocycles. The molecule has 0 aromatic carbocycles. The van der Waals surface area contributed by atoms with Crippen LogP contribution in [0.15, 0.2) is 18.6 Å². The van der Waals surface area contributed by atoms with E-state index in [1.54, 1.807) is 12.3 Å². The van der Waals surface area contributed by atoms with Crippen LogP contribution < -0.4 is 5.32 Å². The van der Waals surface area contributed by atoms with Crippen LogP contribution in [0, 0.1) is 0 Å². The topological polar surface area (TPSA) is 37.8 Å². The van der Waals surface area contributed by atoms with Gasteiger partial charge in [0.15, 0.2) is 0 Å². The Balaban J connectivity index is 2.25. The predicted octanol–water partition coefficient (Wildman–Crippen LogP) is 1.54. The molecule has 5 heteroatoms. The van der Waals surface area contributed by atoms with Crippen LogP contribution in [0.3, 0.4) is 0 Å². The first-order chi connectivity index (χ1) is 5.79. The number of nitrogens with zero attached hydrogens (tertiary/aromatic N) is 2. The van der Waals surface area contributed by atoms with E-state index in [4.69, 9.17) is 0 Å². The molecule has 0 aliphatic heterocycles. The lowest BCUT2D eigenvalue weighted by molar-refractivity contribution is 0.142. The van der Waals surface area contributed by atoms with Crippen LogP contribution >= 0.6 is 0 Å². The maximum absolute atomic E-state index is 11.7. The van der Waals surface area contributed by atoms with E-state index in [9.17, 15) is 8.78 Å². The molecular formula is C7H9F2N3. The Morgan fingerprint density at radius 2 is 2.33 bits per heavy atom. The Bertz CT molecular complexity index is 215. The monoisotopic (exact) mass is 173 g/mol. The summed E-state index contributed by atoms with van der Waals surface area (Å²) in [6.45, 7) is 0.231. The van der Waals surface area contributed by atoms with Crippen molar-refractivity contribution in [2.24, 2.45) is 0 Å². The molecule has 0 aliphatic rings. The van der Waals surface area contributed by atoms with Crippen LogP contribution in [-0.4, -0.2) is 22.9 Å². The molecule has 0 saturated carbocycles. The summed E-state index contributed by atoms with van der Waals surface area (Å²) < 4.78 is 23.3. The van der Waals surface area contributed by atoms with Crippen molar-refractivity contribution in [1.29, 1.82) is 0 Å². The number of alkyl halides is 2. The van der Waals surface area contributed by atoms with Crippen molar-refractivity contribution in [3.05, 3.63) is 18.6 Å². The Labute approximate surface area is 68.8 Å². The molecule has 1 aromatic heterocycles. The van der Waals surface area contributed by atoms with Crippen LogP contribution in [-0.2, 0) is 0 Å². The number of halogens is 2. The highest BCUT2D eigenvalue weighted by atomic mass is 19.3. The number of nitrogens with one attached hydrogen (secondary N) is 1. The number of aromatic nitrogens is 2. The first kappa shape index (κ1) is 8.83. The zero-order chi connectivity index (χ0) is 8.81. The molecule has 0 bridgehead atoms. The number of rotatable bonds is 4. The van der Waals surface area contributed by atoms with Crippen LogP contribution in [0.1, 0.15) is 6.42 Å². The number of hydrogen-bond acceptors (Lipinski definition) is 3. The van der Waals surface area contributed by atoms with E-state index in [0.29, 0.717) is 5.82 Å². The summed E-state index contributed by atoms with van der Waals surface area (Å²) in [7, 11) is 0. The van der Waals surface area contributed by atoms with E-state index < -0.39 is 6.43 Å². The zero-order valence-corrected chi connectivity index (χ0v) is 6.37. The summed E-state index contributed by atoms with van der Waals surface area (Å²) in [6, 6.07) is 1.63. The number of anilines is 1. The smallest absolute Gasteiger partial charge is 0.240 e. The summed E-state index contributed by atoms with van der Waals surface area (Å²) in [4.78, 5) is 7.50. The van der Waals surface area contributed by atoms with Crippen molar-refractivity contribution in [1.82, 2.24) is 9.97 Å². The second-order valence-electron chi connectivity index (χ2n) is 2.20. The van der Waals surface area contributed by atoms with Crippen LogP contribution in [0.2, 0.25) is 0 Å². The summed E-state index contributed by atoms with van der Waals surface area (Å²) in [6.07, 6.45) is 0.492. The molecule has 0 saturated heterocycles. The lowest BCUT2D eigenvalue weighted by Crippen LogP contribution is -2.06. The van der Waals surface area contributed by atoms with Crippen molar-refractivity contribution < 1.29 is 8.78 Å². The maximum atomic E-state index is 11.7. The molecule has 1 rings (SSSR count). The van der Waals surface area contributed by atoms with Crippen molar-refractivity contribution in [3.63, 3.8) is 0 Å². The number of hydrogen-bond donors (Lipinski definition) is 1. The van der Waals surface area contributed by atoms with E-state index >= 15 is 0 Å². The van der Waals surface area contributed by atoms with Crippen molar-refractivity contribution >= 4 is 5.82 Å². The molecule has 0 unspecified atom stereocenters. The zero-order valence-electron chi connectivity index (χ0n) is 6.37. The van der Waals surface area contributed by atoms with Gasteiger partial charge in [-0.05, 0) is 6.07 Å². The van der Waals surface area contributed by atoms with Gasteiger partial charge in [-0.2, -0.15) is 0 Å². The highest BCUT2D eigenvalue weighted by Crippen LogP contribution is 2.01. The quantitative estimate of drug-likeness (QED) is 0.750. The minimum absolute atomic E-state index is 0.163. The second-order valence-corrected chi connectivity index (χ2v) is 2.20. The molecule has 0 aliphatic carbocycles. The Morgan fingerprint density at radius 3 is 2.92 bits per heavy atom. The van der Waals surface area contributed by atoms with Gasteiger partial charge in [0.25, 0.3) is 0 Å². The van der Waals surface area contributed by atoms with Crippen molar-refractivity contribution in [2.45, 2.75) is 12.8 Å². The van der Waals surface area contributed by atoms with Gasteiger partial charge in [-0.15, -0.1) is 0 Å². The van der Waals surface area contributed by atoms with Gasteiger partial charge >= 0.3 is 0 Å². The first-order valence-electron chi connectivity index (χ1n) is 3.57. The molecule has 3 nitrogen and oxygen atoms in total. The van der Waals surface area contributed by atoms with Crippen molar-refractivity contribution in [2.75, 3.05) is 11.9 Å². The summed E-state index contributed by atoms with van der Waals surface area (Å²) in [5, 5.41) is 2.74. The second kappa shape index (κ2) is 4.58. The standard InChI is InChI=1S/C7H9F2N3/c8-6(9)1-4-11-7-2-3-10-5-12-7/h2-3,5-6H,1,4H2,(H,10,11,12). The minimum atomic E-state index is -2.26. The SMILES string of the molecule is FC(F)CCNc1ccncn1. The Morgan fingerprint density at radius 1 is 1.50 bits per heavy atom. The Hall–Kier alpha value is -1.26. The highest BCUT2D eigenvalue weighted by molar-refractivity contribution is 5.31. The van der Waals surface area contributed by atoms with Gasteiger partial charge in [-0.25, -0.2) is 18.7 Å². The van der Waals surface area contributed by atoms with Gasteiger partial charge in [-0.1, -0.05) is 0 Å². The molecular weight excluding hydrogens is 164 g/mol. The van der Waals surface area contributed by atoms with Crippen LogP contribution in [0.25, 0.3) is 0 Å². The van der Waals surface area contributed by atoms with Gasteiger partial charge in [0.1, 0.15) is 12.1 Å². The van der Waals surface area contributed by atoms with E-state index in [1.165, 1.54) is 6.33 Å². The van der Waals surface area contributed by atoms with Gasteiger partial charge in [0, 0.05) is 19.2 Å². The van der Waals surface area contributed by atoms with Crippen molar-refractivity contribution in [3.8, 4) is 0 Å². The average molecular weight is 173 g/mol. The maximum Gasteiger partial charge on any atom is 0.240 e. The van der Waals surface area contributed by atoms with Crippen LogP contribution in [0.4, 0.5) is 14.6 Å². The molecule has 66 valence electrons. The molecule has 0 atom stereocenters. The first-order valence-corrected chi connectivity index (χ1v) is 3.57. The van der Waals surface area contributed by atoms with Crippen LogP contribution in [0.5, 0.6) is 0 Å². The Kier molecular flexibility index (Phi) is 3.37. The molecule has 12 heavy (non-hydrogen) atoms. The predicted molar refractivity (Wildman–Crippen MR) is 41.1 cm³/mol. The fourth-order valence-corrected chi connectivity index (χ4v) is 0.705.